The fraction of sp³-hybridized carbons (Fsp3) is 0.250. The van der Waals surface area contributed by atoms with Gasteiger partial charge >= 0.3 is 0 Å². The molecule has 1 heterocycles. The van der Waals surface area contributed by atoms with Crippen LogP contribution < -0.4 is 0 Å². The SMILES string of the molecule is Brc1cccc(-c2n[nH]c(C3CC3)c2Br)c1. The lowest BCUT2D eigenvalue weighted by Crippen LogP contribution is -1.79. The van der Waals surface area contributed by atoms with E-state index in [-0.39, 0.29) is 0 Å². The van der Waals surface area contributed by atoms with E-state index in [2.05, 4.69) is 54.2 Å². The molecule has 1 aliphatic carbocycles. The first-order valence-corrected chi connectivity index (χ1v) is 6.84. The first-order chi connectivity index (χ1) is 7.75. The fourth-order valence-corrected chi connectivity index (χ4v) is 2.94. The van der Waals surface area contributed by atoms with Crippen LogP contribution in [0.3, 0.4) is 0 Å². The molecule has 0 unspecified atom stereocenters. The molecular weight excluding hydrogens is 332 g/mol. The van der Waals surface area contributed by atoms with Crippen molar-refractivity contribution in [1.82, 2.24) is 10.2 Å². The van der Waals surface area contributed by atoms with E-state index in [0.29, 0.717) is 5.92 Å². The van der Waals surface area contributed by atoms with Crippen molar-refractivity contribution in [3.8, 4) is 11.3 Å². The van der Waals surface area contributed by atoms with E-state index in [1.165, 1.54) is 18.5 Å². The number of aromatic amines is 1. The summed E-state index contributed by atoms with van der Waals surface area (Å²) < 4.78 is 2.20. The predicted octanol–water partition coefficient (Wildman–Crippen LogP) is 4.48. The molecule has 2 aromatic rings. The van der Waals surface area contributed by atoms with Gasteiger partial charge in [0.05, 0.1) is 10.2 Å². The van der Waals surface area contributed by atoms with Gasteiger partial charge in [-0.05, 0) is 40.9 Å². The molecule has 0 atom stereocenters. The van der Waals surface area contributed by atoms with Gasteiger partial charge in [-0.25, -0.2) is 0 Å². The van der Waals surface area contributed by atoms with Crippen LogP contribution in [0.5, 0.6) is 0 Å². The summed E-state index contributed by atoms with van der Waals surface area (Å²) in [6, 6.07) is 8.20. The van der Waals surface area contributed by atoms with Crippen LogP contribution in [0.15, 0.2) is 33.2 Å². The van der Waals surface area contributed by atoms with Gasteiger partial charge in [-0.15, -0.1) is 0 Å². The van der Waals surface area contributed by atoms with E-state index in [1.54, 1.807) is 0 Å². The number of benzene rings is 1. The molecular formula is C12H10Br2N2. The standard InChI is InChI=1S/C12H10Br2N2/c13-9-3-1-2-8(6-9)12-10(14)11(15-16-12)7-4-5-7/h1-3,6-7H,4-5H2,(H,15,16). The quantitative estimate of drug-likeness (QED) is 0.857. The van der Waals surface area contributed by atoms with Gasteiger partial charge in [-0.1, -0.05) is 28.1 Å². The number of nitrogens with one attached hydrogen (secondary N) is 1. The summed E-state index contributed by atoms with van der Waals surface area (Å²) in [4.78, 5) is 0. The number of nitrogens with zero attached hydrogens (tertiary/aromatic N) is 1. The number of halogens is 2. The molecule has 0 saturated heterocycles. The number of H-pyrrole nitrogens is 1. The topological polar surface area (TPSA) is 28.7 Å². The van der Waals surface area contributed by atoms with Crippen molar-refractivity contribution in [3.63, 3.8) is 0 Å². The Morgan fingerprint density at radius 3 is 2.75 bits per heavy atom. The molecule has 82 valence electrons. The third-order valence-electron chi connectivity index (χ3n) is 2.82. The second-order valence-electron chi connectivity index (χ2n) is 4.08. The normalized spacial score (nSPS) is 15.4. The molecule has 1 fully saturated rings. The molecule has 1 saturated carbocycles. The highest BCUT2D eigenvalue weighted by Crippen LogP contribution is 2.44. The minimum atomic E-state index is 0.683. The molecule has 2 nitrogen and oxygen atoms in total. The maximum Gasteiger partial charge on any atom is 0.107 e. The van der Waals surface area contributed by atoms with Crippen molar-refractivity contribution in [2.24, 2.45) is 0 Å². The molecule has 1 aromatic carbocycles. The van der Waals surface area contributed by atoms with Gasteiger partial charge in [0, 0.05) is 16.0 Å². The summed E-state index contributed by atoms with van der Waals surface area (Å²) in [6.45, 7) is 0. The van der Waals surface area contributed by atoms with Crippen molar-refractivity contribution in [3.05, 3.63) is 38.9 Å². The Morgan fingerprint density at radius 2 is 2.06 bits per heavy atom. The molecule has 0 spiro atoms. The second-order valence-corrected chi connectivity index (χ2v) is 5.79. The predicted molar refractivity (Wildman–Crippen MR) is 71.4 cm³/mol. The molecule has 1 aromatic heterocycles. The van der Waals surface area contributed by atoms with E-state index in [4.69, 9.17) is 0 Å². The molecule has 3 rings (SSSR count). The van der Waals surface area contributed by atoms with Crippen molar-refractivity contribution >= 4 is 31.9 Å². The van der Waals surface area contributed by atoms with E-state index in [9.17, 15) is 0 Å². The Hall–Kier alpha value is -0.610. The third kappa shape index (κ3) is 1.84. The highest BCUT2D eigenvalue weighted by atomic mass is 79.9. The zero-order valence-electron chi connectivity index (χ0n) is 8.50. The summed E-state index contributed by atoms with van der Waals surface area (Å²) in [5, 5.41) is 7.54. The largest absolute Gasteiger partial charge is 0.280 e. The van der Waals surface area contributed by atoms with Crippen molar-refractivity contribution in [2.75, 3.05) is 0 Å². The minimum Gasteiger partial charge on any atom is -0.280 e. The molecule has 0 aliphatic heterocycles. The minimum absolute atomic E-state index is 0.683. The molecule has 0 amide bonds. The average Bonchev–Trinajstić information content (AvgIpc) is 3.03. The van der Waals surface area contributed by atoms with E-state index in [1.807, 2.05) is 12.1 Å². The van der Waals surface area contributed by atoms with E-state index >= 15 is 0 Å². The Morgan fingerprint density at radius 1 is 1.25 bits per heavy atom. The summed E-state index contributed by atoms with van der Waals surface area (Å²) in [7, 11) is 0. The fourth-order valence-electron chi connectivity index (χ4n) is 1.81. The number of hydrogen-bond acceptors (Lipinski definition) is 1. The zero-order chi connectivity index (χ0) is 11.1. The monoisotopic (exact) mass is 340 g/mol. The van der Waals surface area contributed by atoms with Crippen LogP contribution in [0.1, 0.15) is 24.5 Å². The van der Waals surface area contributed by atoms with Gasteiger partial charge in [-0.2, -0.15) is 5.10 Å². The van der Waals surface area contributed by atoms with E-state index < -0.39 is 0 Å². The van der Waals surface area contributed by atoms with Crippen molar-refractivity contribution < 1.29 is 0 Å². The Labute approximate surface area is 111 Å². The number of aromatic nitrogens is 2. The van der Waals surface area contributed by atoms with Crippen LogP contribution in [-0.4, -0.2) is 10.2 Å². The van der Waals surface area contributed by atoms with E-state index in [0.717, 1.165) is 20.2 Å². The lowest BCUT2D eigenvalue weighted by molar-refractivity contribution is 0.963. The van der Waals surface area contributed by atoms with Crippen LogP contribution in [0.4, 0.5) is 0 Å². The van der Waals surface area contributed by atoms with Gasteiger partial charge in [0.15, 0.2) is 0 Å². The highest BCUT2D eigenvalue weighted by molar-refractivity contribution is 9.11. The number of hydrogen-bond donors (Lipinski definition) is 1. The number of rotatable bonds is 2. The Kier molecular flexibility index (Phi) is 2.64. The van der Waals surface area contributed by atoms with Crippen LogP contribution in [0.2, 0.25) is 0 Å². The summed E-state index contributed by atoms with van der Waals surface area (Å²) >= 11 is 7.12. The average molecular weight is 342 g/mol. The summed E-state index contributed by atoms with van der Waals surface area (Å²) in [5.41, 5.74) is 3.38. The molecule has 1 N–H and O–H groups in total. The molecule has 0 bridgehead atoms. The molecule has 16 heavy (non-hydrogen) atoms. The Balaban J connectivity index is 2.06. The Bertz CT molecular complexity index is 530. The van der Waals surface area contributed by atoms with Crippen LogP contribution in [0, 0.1) is 0 Å². The maximum atomic E-state index is 4.40. The van der Waals surface area contributed by atoms with Gasteiger partial charge < -0.3 is 0 Å². The lowest BCUT2D eigenvalue weighted by Gasteiger charge is -1.99. The second kappa shape index (κ2) is 4.00. The van der Waals surface area contributed by atoms with Gasteiger partial charge in [0.1, 0.15) is 5.69 Å². The van der Waals surface area contributed by atoms with Gasteiger partial charge in [-0.3, -0.25) is 5.10 Å². The summed E-state index contributed by atoms with van der Waals surface area (Å²) in [5.74, 6) is 0.683. The first kappa shape index (κ1) is 10.5. The van der Waals surface area contributed by atoms with Crippen LogP contribution in [0.25, 0.3) is 11.3 Å². The van der Waals surface area contributed by atoms with Crippen LogP contribution >= 0.6 is 31.9 Å². The molecule has 1 aliphatic rings. The van der Waals surface area contributed by atoms with Crippen molar-refractivity contribution in [1.29, 1.82) is 0 Å². The zero-order valence-corrected chi connectivity index (χ0v) is 11.7. The molecule has 4 heteroatoms. The van der Waals surface area contributed by atoms with Crippen molar-refractivity contribution in [2.45, 2.75) is 18.8 Å². The van der Waals surface area contributed by atoms with Gasteiger partial charge in [0.2, 0.25) is 0 Å². The van der Waals surface area contributed by atoms with Gasteiger partial charge in [0.25, 0.3) is 0 Å². The maximum absolute atomic E-state index is 4.40. The van der Waals surface area contributed by atoms with Crippen LogP contribution in [-0.2, 0) is 0 Å². The molecule has 0 radical (unpaired) electrons. The summed E-state index contributed by atoms with van der Waals surface area (Å²) in [6.07, 6.45) is 2.55. The first-order valence-electron chi connectivity index (χ1n) is 5.25. The highest BCUT2D eigenvalue weighted by Gasteiger charge is 2.29. The smallest absolute Gasteiger partial charge is 0.107 e. The third-order valence-corrected chi connectivity index (χ3v) is 4.11. The lowest BCUT2D eigenvalue weighted by atomic mass is 10.1.